The number of thiol groups is 1. The molecule has 6 rings (SSSR count). The van der Waals surface area contributed by atoms with E-state index in [4.69, 9.17) is 14.8 Å². The highest BCUT2D eigenvalue weighted by atomic mass is 32.1. The van der Waals surface area contributed by atoms with Crippen molar-refractivity contribution in [3.8, 4) is 22.3 Å². The summed E-state index contributed by atoms with van der Waals surface area (Å²) in [4.78, 5) is 19.6. The molecule has 1 atom stereocenters. The van der Waals surface area contributed by atoms with Crippen LogP contribution in [0, 0.1) is 13.8 Å². The minimum atomic E-state index is -0.521. The van der Waals surface area contributed by atoms with E-state index in [1.54, 1.807) is 0 Å². The average Bonchev–Trinajstić information content (AvgIpc) is 3.53. The van der Waals surface area contributed by atoms with Crippen molar-refractivity contribution < 1.29 is 4.84 Å². The Morgan fingerprint density at radius 3 is 2.34 bits per heavy atom. The fourth-order valence-corrected chi connectivity index (χ4v) is 5.22. The standard InChI is InChI=1S/C31H29N5OS/c1-4-27-33-28-19(2)16-20(3)32-30(28)36(27)18-21-10-12-23(13-11-21)26-17-24(22-8-6-5-7-9-22)14-15-25(26)29-34-31(38)37-35-29/h5-17,31,38H,4,18H2,1-3H3,(H,34,35). The van der Waals surface area contributed by atoms with Gasteiger partial charge in [-0.25, -0.2) is 25.3 Å². The summed E-state index contributed by atoms with van der Waals surface area (Å²) in [5, 5.41) is 0. The van der Waals surface area contributed by atoms with Gasteiger partial charge in [0, 0.05) is 17.7 Å². The van der Waals surface area contributed by atoms with Crippen LogP contribution in [0.5, 0.6) is 0 Å². The van der Waals surface area contributed by atoms with Crippen molar-refractivity contribution in [2.75, 3.05) is 0 Å². The van der Waals surface area contributed by atoms with Crippen molar-refractivity contribution in [3.05, 3.63) is 107 Å². The van der Waals surface area contributed by atoms with E-state index in [0.717, 1.165) is 63.5 Å². The maximum Gasteiger partial charge on any atom is 0.221 e. The first kappa shape index (κ1) is 24.4. The topological polar surface area (TPSA) is 64.3 Å². The maximum absolute atomic E-state index is 5.37. The highest BCUT2D eigenvalue weighted by Gasteiger charge is 2.20. The monoisotopic (exact) mass is 519 g/mol. The summed E-state index contributed by atoms with van der Waals surface area (Å²) in [5.41, 5.74) is 13.2. The van der Waals surface area contributed by atoms with E-state index in [0.29, 0.717) is 5.84 Å². The van der Waals surface area contributed by atoms with E-state index in [2.05, 4.69) is 114 Å². The third-order valence-electron chi connectivity index (χ3n) is 6.91. The van der Waals surface area contributed by atoms with Crippen molar-refractivity contribution in [2.24, 2.45) is 4.99 Å². The molecule has 0 spiro atoms. The molecular formula is C31H29N5OS. The highest BCUT2D eigenvalue weighted by Crippen LogP contribution is 2.31. The SMILES string of the molecule is CCc1nc2c(C)cc(C)nc2n1Cc1ccc(-c2cc(-c3ccccc3)ccc2C2=NC(S)ON2)cc1. The first-order valence-electron chi connectivity index (χ1n) is 12.8. The van der Waals surface area contributed by atoms with Gasteiger partial charge in [-0.05, 0) is 65.4 Å². The molecule has 0 radical (unpaired) electrons. The summed E-state index contributed by atoms with van der Waals surface area (Å²) in [6.45, 7) is 7.00. The Bertz CT molecular complexity index is 1660. The van der Waals surface area contributed by atoms with Crippen LogP contribution in [0.25, 0.3) is 33.4 Å². The lowest BCUT2D eigenvalue weighted by Gasteiger charge is -2.14. The molecule has 1 N–H and O–H groups in total. The second kappa shape index (κ2) is 10.1. The Labute approximate surface area is 227 Å². The molecule has 0 saturated heterocycles. The summed E-state index contributed by atoms with van der Waals surface area (Å²) < 4.78 is 2.24. The Balaban J connectivity index is 1.39. The molecule has 3 aromatic carbocycles. The van der Waals surface area contributed by atoms with Crippen molar-refractivity contribution in [3.63, 3.8) is 0 Å². The van der Waals surface area contributed by atoms with Crippen LogP contribution in [-0.4, -0.2) is 25.9 Å². The van der Waals surface area contributed by atoms with E-state index < -0.39 is 5.56 Å². The lowest BCUT2D eigenvalue weighted by molar-refractivity contribution is 0.0938. The summed E-state index contributed by atoms with van der Waals surface area (Å²) >= 11 is 4.33. The Hall–Kier alpha value is -3.94. The number of hydrogen-bond donors (Lipinski definition) is 2. The van der Waals surface area contributed by atoms with Crippen LogP contribution in [0.3, 0.4) is 0 Å². The number of imidazole rings is 1. The number of pyridine rings is 1. The number of benzene rings is 3. The molecule has 7 heteroatoms. The van der Waals surface area contributed by atoms with Crippen LogP contribution in [0.4, 0.5) is 0 Å². The van der Waals surface area contributed by atoms with Crippen molar-refractivity contribution in [1.29, 1.82) is 0 Å². The average molecular weight is 520 g/mol. The Kier molecular flexibility index (Phi) is 6.47. The summed E-state index contributed by atoms with van der Waals surface area (Å²) in [6.07, 6.45) is 0.853. The zero-order valence-electron chi connectivity index (χ0n) is 21.6. The van der Waals surface area contributed by atoms with Gasteiger partial charge < -0.3 is 4.57 Å². The second-order valence-electron chi connectivity index (χ2n) is 9.57. The van der Waals surface area contributed by atoms with Crippen molar-refractivity contribution >= 4 is 29.6 Å². The number of hydrogen-bond acceptors (Lipinski definition) is 6. The quantitative estimate of drug-likeness (QED) is 0.252. The van der Waals surface area contributed by atoms with Gasteiger partial charge in [-0.15, -0.1) is 12.6 Å². The first-order chi connectivity index (χ1) is 18.5. The van der Waals surface area contributed by atoms with Crippen LogP contribution in [0.2, 0.25) is 0 Å². The molecule has 1 aliphatic heterocycles. The molecular weight excluding hydrogens is 490 g/mol. The molecule has 0 aliphatic carbocycles. The normalized spacial score (nSPS) is 15.1. The molecule has 5 aromatic rings. The van der Waals surface area contributed by atoms with Gasteiger partial charge in [-0.3, -0.25) is 0 Å². The number of nitrogens with one attached hydrogen (secondary N) is 1. The molecule has 2 aromatic heterocycles. The third-order valence-corrected chi connectivity index (χ3v) is 7.13. The first-order valence-corrected chi connectivity index (χ1v) is 13.3. The van der Waals surface area contributed by atoms with E-state index in [1.807, 2.05) is 13.0 Å². The third kappa shape index (κ3) is 4.59. The number of rotatable bonds is 6. The summed E-state index contributed by atoms with van der Waals surface area (Å²) in [7, 11) is 0. The molecule has 1 aliphatic rings. The number of aryl methyl sites for hydroxylation is 3. The summed E-state index contributed by atoms with van der Waals surface area (Å²) in [6, 6.07) is 27.6. The molecule has 0 amide bonds. The van der Waals surface area contributed by atoms with E-state index >= 15 is 0 Å². The highest BCUT2D eigenvalue weighted by molar-refractivity contribution is 7.80. The van der Waals surface area contributed by atoms with Gasteiger partial charge in [-0.1, -0.05) is 67.6 Å². The molecule has 190 valence electrons. The van der Waals surface area contributed by atoms with Crippen molar-refractivity contribution in [1.82, 2.24) is 20.0 Å². The lowest BCUT2D eigenvalue weighted by Crippen LogP contribution is -2.19. The number of fused-ring (bicyclic) bond motifs is 1. The number of hydroxylamine groups is 1. The van der Waals surface area contributed by atoms with E-state index in [-0.39, 0.29) is 0 Å². The summed E-state index contributed by atoms with van der Waals surface area (Å²) in [5.74, 6) is 1.73. The molecule has 6 nitrogen and oxygen atoms in total. The molecule has 3 heterocycles. The molecule has 0 saturated carbocycles. The van der Waals surface area contributed by atoms with Crippen LogP contribution < -0.4 is 5.48 Å². The van der Waals surface area contributed by atoms with E-state index in [9.17, 15) is 0 Å². The van der Waals surface area contributed by atoms with Crippen LogP contribution in [-0.2, 0) is 17.8 Å². The second-order valence-corrected chi connectivity index (χ2v) is 10.0. The number of nitrogens with zero attached hydrogens (tertiary/aromatic N) is 4. The Morgan fingerprint density at radius 1 is 0.868 bits per heavy atom. The molecule has 38 heavy (non-hydrogen) atoms. The minimum absolute atomic E-state index is 0.521. The zero-order chi connectivity index (χ0) is 26.2. The molecule has 0 bridgehead atoms. The Morgan fingerprint density at radius 2 is 1.63 bits per heavy atom. The zero-order valence-corrected chi connectivity index (χ0v) is 22.5. The number of aromatic nitrogens is 3. The van der Waals surface area contributed by atoms with Gasteiger partial charge in [0.05, 0.1) is 6.54 Å². The lowest BCUT2D eigenvalue weighted by atomic mass is 9.93. The largest absolute Gasteiger partial charge is 0.308 e. The fourth-order valence-electron chi connectivity index (χ4n) is 5.05. The number of aliphatic imine (C=N–C) groups is 1. The number of amidine groups is 1. The minimum Gasteiger partial charge on any atom is -0.308 e. The predicted molar refractivity (Wildman–Crippen MR) is 156 cm³/mol. The van der Waals surface area contributed by atoms with Gasteiger partial charge in [0.25, 0.3) is 0 Å². The fraction of sp³-hybridized carbons (Fsp3) is 0.194. The van der Waals surface area contributed by atoms with Crippen molar-refractivity contribution in [2.45, 2.75) is 39.3 Å². The van der Waals surface area contributed by atoms with Crippen LogP contribution in [0.15, 0.2) is 83.9 Å². The van der Waals surface area contributed by atoms with Gasteiger partial charge in [0.1, 0.15) is 11.3 Å². The van der Waals surface area contributed by atoms with Crippen LogP contribution >= 0.6 is 12.6 Å². The smallest absolute Gasteiger partial charge is 0.221 e. The van der Waals surface area contributed by atoms with Gasteiger partial charge in [-0.2, -0.15) is 0 Å². The molecule has 0 fully saturated rings. The molecule has 1 unspecified atom stereocenters. The van der Waals surface area contributed by atoms with E-state index in [1.165, 1.54) is 11.1 Å². The van der Waals surface area contributed by atoms with Crippen LogP contribution in [0.1, 0.15) is 35.1 Å². The van der Waals surface area contributed by atoms with Gasteiger partial charge in [0.2, 0.25) is 5.56 Å². The maximum atomic E-state index is 5.37. The predicted octanol–water partition coefficient (Wildman–Crippen LogP) is 6.49. The van der Waals surface area contributed by atoms with Gasteiger partial charge in [0.15, 0.2) is 11.5 Å². The van der Waals surface area contributed by atoms with Gasteiger partial charge >= 0.3 is 0 Å².